The molecule has 3 amide bonds. The second kappa shape index (κ2) is 20.5. The van der Waals surface area contributed by atoms with Crippen molar-refractivity contribution in [3.63, 3.8) is 0 Å². The number of pyridine rings is 1. The number of anilines is 6. The maximum atomic E-state index is 15.3. The van der Waals surface area contributed by atoms with Gasteiger partial charge in [0.25, 0.3) is 0 Å². The first-order valence-corrected chi connectivity index (χ1v) is 27.2. The Morgan fingerprint density at radius 3 is 2.31 bits per heavy atom. The van der Waals surface area contributed by atoms with Gasteiger partial charge in [0.05, 0.1) is 52.6 Å². The van der Waals surface area contributed by atoms with E-state index >= 15 is 8.78 Å². The summed E-state index contributed by atoms with van der Waals surface area (Å²) in [5.74, 6) is -2.61. The van der Waals surface area contributed by atoms with E-state index in [-0.39, 0.29) is 36.8 Å². The first-order valence-electron chi connectivity index (χ1n) is 23.8. The number of rotatable bonds is 13. The molecule has 6 heterocycles. The van der Waals surface area contributed by atoms with Crippen LogP contribution in [0.4, 0.5) is 43.3 Å². The molecule has 4 aliphatic heterocycles. The first-order chi connectivity index (χ1) is 33.6. The number of carbonyl (C=O) groups excluding carboxylic acids is 3. The summed E-state index contributed by atoms with van der Waals surface area (Å²) in [6.45, 7) is 10.8. The number of halogens is 3. The van der Waals surface area contributed by atoms with Crippen LogP contribution in [0.2, 0.25) is 0 Å². The zero-order chi connectivity index (χ0) is 49.4. The lowest BCUT2D eigenvalue weighted by Gasteiger charge is -2.44. The van der Waals surface area contributed by atoms with Gasteiger partial charge >= 0.3 is 0 Å². The fourth-order valence-corrected chi connectivity index (χ4v) is 12.3. The number of aliphatic hydroxyl groups excluding tert-OH is 1. The number of aromatic nitrogens is 3. The van der Waals surface area contributed by atoms with Crippen molar-refractivity contribution in [2.75, 3.05) is 93.2 Å². The topological polar surface area (TPSA) is 185 Å². The summed E-state index contributed by atoms with van der Waals surface area (Å²) in [5.41, 5.74) is 4.80. The maximum Gasteiger partial charge on any atom is 0.234 e. The molecule has 4 aliphatic rings. The highest BCUT2D eigenvalue weighted by atomic mass is 79.9. The second-order valence-corrected chi connectivity index (χ2v) is 22.9. The van der Waals surface area contributed by atoms with E-state index in [4.69, 9.17) is 9.72 Å². The summed E-state index contributed by atoms with van der Waals surface area (Å²) in [5, 5.41) is 19.9. The lowest BCUT2D eigenvalue weighted by molar-refractivity contribution is -0.137. The molecule has 0 radical (unpaired) electrons. The third-order valence-corrected chi connectivity index (χ3v) is 16.3. The summed E-state index contributed by atoms with van der Waals surface area (Å²) in [6, 6.07) is 14.3. The molecule has 0 bridgehead atoms. The van der Waals surface area contributed by atoms with Crippen LogP contribution in [0.15, 0.2) is 59.2 Å². The largest absolute Gasteiger partial charge is 0.494 e. The van der Waals surface area contributed by atoms with Crippen LogP contribution in [0.25, 0.3) is 10.9 Å². The molecule has 0 aliphatic carbocycles. The molecule has 2 aromatic heterocycles. The van der Waals surface area contributed by atoms with E-state index < -0.39 is 36.5 Å². The Kier molecular flexibility index (Phi) is 14.4. The summed E-state index contributed by atoms with van der Waals surface area (Å²) in [4.78, 5) is 60.3. The molecular formula is C50H58BrF2N10O6P. The molecule has 2 atom stereocenters. The first kappa shape index (κ1) is 49.2. The van der Waals surface area contributed by atoms with E-state index in [1.54, 1.807) is 32.7 Å². The van der Waals surface area contributed by atoms with Crippen LogP contribution in [-0.4, -0.2) is 126 Å². The third kappa shape index (κ3) is 10.2. The summed E-state index contributed by atoms with van der Waals surface area (Å²) < 4.78 is 50.9. The van der Waals surface area contributed by atoms with E-state index in [2.05, 4.69) is 70.7 Å². The number of piperidine rings is 2. The molecule has 370 valence electrons. The van der Waals surface area contributed by atoms with Gasteiger partial charge in [-0.3, -0.25) is 29.6 Å². The number of hydrogen-bond acceptors (Lipinski definition) is 14. The van der Waals surface area contributed by atoms with Gasteiger partial charge in [0.15, 0.2) is 0 Å². The van der Waals surface area contributed by atoms with Crippen LogP contribution >= 0.6 is 23.1 Å². The van der Waals surface area contributed by atoms with Crippen LogP contribution in [0.5, 0.6) is 5.75 Å². The molecule has 4 saturated heterocycles. The Morgan fingerprint density at radius 1 is 0.914 bits per heavy atom. The lowest BCUT2D eigenvalue weighted by atomic mass is 9.89. The third-order valence-electron chi connectivity index (χ3n) is 14.1. The van der Waals surface area contributed by atoms with Crippen LogP contribution in [0.1, 0.15) is 61.8 Å². The average Bonchev–Trinajstić information content (AvgIpc) is 3.85. The fraction of sp³-hybridized carbons (Fsp3) is 0.440. The summed E-state index contributed by atoms with van der Waals surface area (Å²) >= 11 is 3.59. The zero-order valence-corrected chi connectivity index (χ0v) is 42.2. The van der Waals surface area contributed by atoms with Crippen molar-refractivity contribution in [1.82, 2.24) is 30.1 Å². The zero-order valence-electron chi connectivity index (χ0n) is 39.7. The van der Waals surface area contributed by atoms with Gasteiger partial charge in [0.2, 0.25) is 23.7 Å². The molecule has 20 heteroatoms. The van der Waals surface area contributed by atoms with Crippen LogP contribution < -0.4 is 35.8 Å². The standard InChI is InChI=1S/C50H58BrF2N10O6P/c1-5-29-22-41(57-50-54-26-36(51)47(59-50)56-40-10-9-39-34(46(40)70(3,4)68)7-6-31(28-64)55-39)43(69-2)25-42(29)61-16-13-32(14-17-61)60-18-20-62(21-19-60)49(67)30-12-15-63(27-30)33-23-37(52)45(38(53)24-33)35-8-11-44(65)58-48(35)66/h6-7,9-10,22-26,30,32,35,64H,5,8,11-21,27-28H2,1-4H3,(H,58,65,66)(H2,54,56,57,59)/t30-,35?/m1/s1. The van der Waals surface area contributed by atoms with Gasteiger partial charge in [-0.05, 0) is 103 Å². The van der Waals surface area contributed by atoms with E-state index in [1.807, 2.05) is 28.0 Å². The van der Waals surface area contributed by atoms with E-state index in [0.717, 1.165) is 67.8 Å². The average molecular weight is 1040 g/mol. The maximum absolute atomic E-state index is 15.3. The Hall–Kier alpha value is -5.75. The van der Waals surface area contributed by atoms with Gasteiger partial charge in [-0.15, -0.1) is 0 Å². The molecule has 4 N–H and O–H groups in total. The number of methoxy groups -OCH3 is 1. The van der Waals surface area contributed by atoms with Crippen molar-refractivity contribution in [3.05, 3.63) is 87.7 Å². The fourth-order valence-electron chi connectivity index (χ4n) is 10.5. The molecule has 5 aromatic rings. The van der Waals surface area contributed by atoms with Crippen molar-refractivity contribution in [1.29, 1.82) is 0 Å². The van der Waals surface area contributed by atoms with E-state index in [1.165, 1.54) is 12.1 Å². The molecular weight excluding hydrogens is 985 g/mol. The smallest absolute Gasteiger partial charge is 0.234 e. The second-order valence-electron chi connectivity index (χ2n) is 18.9. The quantitative estimate of drug-likeness (QED) is 0.0697. The molecule has 0 spiro atoms. The number of benzene rings is 3. The number of hydrogen-bond donors (Lipinski definition) is 4. The Morgan fingerprint density at radius 2 is 1.64 bits per heavy atom. The minimum absolute atomic E-state index is 0.0231. The molecule has 9 rings (SSSR count). The highest BCUT2D eigenvalue weighted by Crippen LogP contribution is 2.43. The highest BCUT2D eigenvalue weighted by Gasteiger charge is 2.37. The number of aryl methyl sites for hydroxylation is 1. The molecule has 3 aromatic carbocycles. The van der Waals surface area contributed by atoms with Gasteiger partial charge in [-0.25, -0.2) is 13.8 Å². The number of fused-ring (bicyclic) bond motifs is 1. The number of nitrogens with zero attached hydrogens (tertiary/aromatic N) is 7. The molecule has 1 unspecified atom stereocenters. The summed E-state index contributed by atoms with van der Waals surface area (Å²) in [7, 11) is -1.18. The Bertz CT molecular complexity index is 2870. The Balaban J connectivity index is 0.797. The van der Waals surface area contributed by atoms with Gasteiger partial charge in [0, 0.05) is 105 Å². The van der Waals surface area contributed by atoms with Gasteiger partial charge in [-0.1, -0.05) is 13.0 Å². The molecule has 16 nitrogen and oxygen atoms in total. The Labute approximate surface area is 414 Å². The highest BCUT2D eigenvalue weighted by molar-refractivity contribution is 9.10. The number of imide groups is 1. The van der Waals surface area contributed by atoms with Gasteiger partial charge in [-0.2, -0.15) is 4.98 Å². The van der Waals surface area contributed by atoms with Gasteiger partial charge < -0.3 is 39.7 Å². The van der Waals surface area contributed by atoms with E-state index in [0.29, 0.717) is 88.5 Å². The lowest BCUT2D eigenvalue weighted by Crippen LogP contribution is -2.55. The molecule has 0 saturated carbocycles. The summed E-state index contributed by atoms with van der Waals surface area (Å²) in [6.07, 6.45) is 5.04. The number of carbonyl (C=O) groups is 3. The number of piperazine rings is 1. The predicted octanol–water partition coefficient (Wildman–Crippen LogP) is 7.02. The number of nitrogens with one attached hydrogen (secondary N) is 3. The van der Waals surface area contributed by atoms with Crippen LogP contribution in [0, 0.1) is 17.6 Å². The van der Waals surface area contributed by atoms with Crippen LogP contribution in [-0.2, 0) is 32.0 Å². The van der Waals surface area contributed by atoms with Crippen molar-refractivity contribution in [2.24, 2.45) is 5.92 Å². The minimum atomic E-state index is -2.82. The number of ether oxygens (including phenoxy) is 1. The SMILES string of the molecule is CCc1cc(Nc2ncc(Br)c(Nc3ccc4nc(CO)ccc4c3P(C)(C)=O)n2)c(OC)cc1N1CCC(N2CCN(C(=O)[C@@H]3CCN(c4cc(F)c(C5CCC(=O)NC5=O)c(F)c4)C3)CC2)CC1. The van der Waals surface area contributed by atoms with Gasteiger partial charge in [0.1, 0.15) is 30.3 Å². The normalized spacial score (nSPS) is 19.5. The van der Waals surface area contributed by atoms with Crippen molar-refractivity contribution in [3.8, 4) is 5.75 Å². The van der Waals surface area contributed by atoms with Crippen molar-refractivity contribution < 1.29 is 37.6 Å². The molecule has 70 heavy (non-hydrogen) atoms. The van der Waals surface area contributed by atoms with Crippen LogP contribution in [0.3, 0.4) is 0 Å². The number of aliphatic hydroxyl groups is 1. The van der Waals surface area contributed by atoms with E-state index in [9.17, 15) is 24.1 Å². The van der Waals surface area contributed by atoms with Crippen molar-refractivity contribution >= 4 is 91.5 Å². The number of amides is 3. The monoisotopic (exact) mass is 1040 g/mol. The minimum Gasteiger partial charge on any atom is -0.494 e. The predicted molar refractivity (Wildman–Crippen MR) is 271 cm³/mol. The van der Waals surface area contributed by atoms with Crippen molar-refractivity contribution in [2.45, 2.75) is 64.0 Å². The molecule has 4 fully saturated rings.